The van der Waals surface area contributed by atoms with E-state index in [4.69, 9.17) is 11.6 Å². The van der Waals surface area contributed by atoms with E-state index in [0.29, 0.717) is 0 Å². The lowest BCUT2D eigenvalue weighted by Gasteiger charge is -2.08. The van der Waals surface area contributed by atoms with Crippen molar-refractivity contribution < 1.29 is 0 Å². The van der Waals surface area contributed by atoms with Crippen molar-refractivity contribution in [3.05, 3.63) is 59.2 Å². The van der Waals surface area contributed by atoms with Gasteiger partial charge in [-0.05, 0) is 36.9 Å². The summed E-state index contributed by atoms with van der Waals surface area (Å²) in [6.45, 7) is 0.867. The summed E-state index contributed by atoms with van der Waals surface area (Å²) in [5.41, 5.74) is 2.42. The number of nitrogens with one attached hydrogen (secondary N) is 2. The minimum atomic E-state index is 0.766. The number of rotatable bonds is 4. The van der Waals surface area contributed by atoms with Gasteiger partial charge in [-0.15, -0.1) is 0 Å². The first-order valence-electron chi connectivity index (χ1n) is 6.45. The predicted molar refractivity (Wildman–Crippen MR) is 86.6 cm³/mol. The molecule has 2 N–H and O–H groups in total. The number of fused-ring (bicyclic) bond motifs is 1. The molecule has 0 aliphatic rings. The van der Waals surface area contributed by atoms with Gasteiger partial charge < -0.3 is 10.3 Å². The van der Waals surface area contributed by atoms with Crippen LogP contribution in [0.1, 0.15) is 5.56 Å². The fourth-order valence-electron chi connectivity index (χ4n) is 2.21. The third kappa shape index (κ3) is 2.70. The second-order valence-corrected chi connectivity index (χ2v) is 6.10. The molecule has 0 fully saturated rings. The molecule has 0 aliphatic carbocycles. The van der Waals surface area contributed by atoms with Gasteiger partial charge in [0.1, 0.15) is 0 Å². The van der Waals surface area contributed by atoms with Crippen molar-refractivity contribution in [2.45, 2.75) is 16.3 Å². The van der Waals surface area contributed by atoms with Gasteiger partial charge in [-0.25, -0.2) is 0 Å². The molecule has 0 atom stereocenters. The smallest absolute Gasteiger partial charge is 0.0466 e. The molecule has 0 radical (unpaired) electrons. The molecule has 1 aromatic heterocycles. The van der Waals surface area contributed by atoms with E-state index in [9.17, 15) is 0 Å². The third-order valence-electron chi connectivity index (χ3n) is 3.17. The van der Waals surface area contributed by atoms with Crippen molar-refractivity contribution in [1.29, 1.82) is 0 Å². The normalized spacial score (nSPS) is 11.1. The van der Waals surface area contributed by atoms with Gasteiger partial charge in [0.25, 0.3) is 0 Å². The van der Waals surface area contributed by atoms with Gasteiger partial charge in [0, 0.05) is 38.5 Å². The van der Waals surface area contributed by atoms with Crippen molar-refractivity contribution in [3.63, 3.8) is 0 Å². The van der Waals surface area contributed by atoms with E-state index in [-0.39, 0.29) is 0 Å². The number of H-pyrrole nitrogens is 1. The standard InChI is InChI=1S/C16H15ClN2S/c1-18-9-11-4-2-3-5-15(11)20-16-10-19-14-7-6-12(17)8-13(14)16/h2-8,10,18-19H,9H2,1H3. The number of hydrogen-bond donors (Lipinski definition) is 2. The Morgan fingerprint density at radius 2 is 2.00 bits per heavy atom. The Balaban J connectivity index is 1.99. The van der Waals surface area contributed by atoms with E-state index in [1.807, 2.05) is 31.4 Å². The molecule has 102 valence electrons. The number of aromatic nitrogens is 1. The predicted octanol–water partition coefficient (Wildman–Crippen LogP) is 4.69. The topological polar surface area (TPSA) is 27.8 Å². The maximum absolute atomic E-state index is 6.10. The Morgan fingerprint density at radius 1 is 1.15 bits per heavy atom. The van der Waals surface area contributed by atoms with Gasteiger partial charge in [-0.1, -0.05) is 41.6 Å². The van der Waals surface area contributed by atoms with Crippen LogP contribution in [0.4, 0.5) is 0 Å². The molecule has 1 heterocycles. The van der Waals surface area contributed by atoms with Crippen molar-refractivity contribution in [3.8, 4) is 0 Å². The van der Waals surface area contributed by atoms with E-state index >= 15 is 0 Å². The van der Waals surface area contributed by atoms with Crippen molar-refractivity contribution in [2.24, 2.45) is 0 Å². The number of hydrogen-bond acceptors (Lipinski definition) is 2. The fourth-order valence-corrected chi connectivity index (χ4v) is 3.43. The summed E-state index contributed by atoms with van der Waals surface area (Å²) in [6, 6.07) is 14.4. The van der Waals surface area contributed by atoms with E-state index < -0.39 is 0 Å². The van der Waals surface area contributed by atoms with Crippen LogP contribution in [0.2, 0.25) is 5.02 Å². The summed E-state index contributed by atoms with van der Waals surface area (Å²) >= 11 is 7.87. The molecule has 3 rings (SSSR count). The maximum atomic E-state index is 6.10. The quantitative estimate of drug-likeness (QED) is 0.731. The molecular weight excluding hydrogens is 288 g/mol. The first-order chi connectivity index (χ1) is 9.78. The lowest BCUT2D eigenvalue weighted by atomic mass is 10.2. The highest BCUT2D eigenvalue weighted by Crippen LogP contribution is 2.36. The van der Waals surface area contributed by atoms with Crippen LogP contribution in [0.25, 0.3) is 10.9 Å². The zero-order valence-electron chi connectivity index (χ0n) is 11.1. The van der Waals surface area contributed by atoms with Crippen LogP contribution in [-0.4, -0.2) is 12.0 Å². The van der Waals surface area contributed by atoms with Gasteiger partial charge in [-0.3, -0.25) is 0 Å². The van der Waals surface area contributed by atoms with Crippen LogP contribution in [0, 0.1) is 0 Å². The zero-order valence-corrected chi connectivity index (χ0v) is 12.7. The molecule has 2 nitrogen and oxygen atoms in total. The van der Waals surface area contributed by atoms with Gasteiger partial charge in [0.2, 0.25) is 0 Å². The first kappa shape index (κ1) is 13.6. The molecule has 0 amide bonds. The number of halogens is 1. The van der Waals surface area contributed by atoms with Crippen LogP contribution >= 0.6 is 23.4 Å². The first-order valence-corrected chi connectivity index (χ1v) is 7.64. The molecule has 0 saturated carbocycles. The van der Waals surface area contributed by atoms with Gasteiger partial charge in [0.15, 0.2) is 0 Å². The van der Waals surface area contributed by atoms with E-state index in [0.717, 1.165) is 17.1 Å². The summed E-state index contributed by atoms with van der Waals surface area (Å²) in [5, 5.41) is 5.14. The van der Waals surface area contributed by atoms with Crippen LogP contribution in [0.15, 0.2) is 58.5 Å². The highest BCUT2D eigenvalue weighted by molar-refractivity contribution is 7.99. The summed E-state index contributed by atoms with van der Waals surface area (Å²) < 4.78 is 0. The molecule has 0 spiro atoms. The molecule has 4 heteroatoms. The Labute approximate surface area is 127 Å². The van der Waals surface area contributed by atoms with Gasteiger partial charge >= 0.3 is 0 Å². The number of aromatic amines is 1. The molecule has 2 aromatic carbocycles. The molecule has 0 bridgehead atoms. The molecule has 0 unspecified atom stereocenters. The third-order valence-corrected chi connectivity index (χ3v) is 4.58. The van der Waals surface area contributed by atoms with Crippen LogP contribution in [-0.2, 0) is 6.54 Å². The maximum Gasteiger partial charge on any atom is 0.0466 e. The average molecular weight is 303 g/mol. The molecular formula is C16H15ClN2S. The largest absolute Gasteiger partial charge is 0.360 e. The summed E-state index contributed by atoms with van der Waals surface area (Å²) in [4.78, 5) is 5.76. The summed E-state index contributed by atoms with van der Waals surface area (Å²) in [6.07, 6.45) is 2.04. The second-order valence-electron chi connectivity index (χ2n) is 4.58. The highest BCUT2D eigenvalue weighted by Gasteiger charge is 2.08. The summed E-state index contributed by atoms with van der Waals surface area (Å²) in [5.74, 6) is 0. The highest BCUT2D eigenvalue weighted by atomic mass is 35.5. The Hall–Kier alpha value is -1.42. The molecule has 0 saturated heterocycles. The van der Waals surface area contributed by atoms with Crippen LogP contribution < -0.4 is 5.32 Å². The van der Waals surface area contributed by atoms with E-state index in [1.54, 1.807) is 11.8 Å². The minimum Gasteiger partial charge on any atom is -0.360 e. The zero-order chi connectivity index (χ0) is 13.9. The summed E-state index contributed by atoms with van der Waals surface area (Å²) in [7, 11) is 1.97. The molecule has 3 aromatic rings. The van der Waals surface area contributed by atoms with Crippen molar-refractivity contribution in [1.82, 2.24) is 10.3 Å². The lowest BCUT2D eigenvalue weighted by Crippen LogP contribution is -2.05. The van der Waals surface area contributed by atoms with Crippen molar-refractivity contribution >= 4 is 34.3 Å². The monoisotopic (exact) mass is 302 g/mol. The van der Waals surface area contributed by atoms with Gasteiger partial charge in [-0.2, -0.15) is 0 Å². The Bertz CT molecular complexity index is 736. The average Bonchev–Trinajstić information content (AvgIpc) is 2.84. The van der Waals surface area contributed by atoms with E-state index in [2.05, 4.69) is 34.6 Å². The molecule has 20 heavy (non-hydrogen) atoms. The minimum absolute atomic E-state index is 0.766. The van der Waals surface area contributed by atoms with Crippen LogP contribution in [0.3, 0.4) is 0 Å². The molecule has 0 aliphatic heterocycles. The Kier molecular flexibility index (Phi) is 4.01. The number of benzene rings is 2. The second kappa shape index (κ2) is 5.92. The van der Waals surface area contributed by atoms with Gasteiger partial charge in [0.05, 0.1) is 0 Å². The fraction of sp³-hybridized carbons (Fsp3) is 0.125. The van der Waals surface area contributed by atoms with E-state index in [1.165, 1.54) is 20.7 Å². The lowest BCUT2D eigenvalue weighted by molar-refractivity contribution is 0.803. The Morgan fingerprint density at radius 3 is 2.85 bits per heavy atom. The SMILES string of the molecule is CNCc1ccccc1Sc1c[nH]c2ccc(Cl)cc12. The van der Waals surface area contributed by atoms with Crippen molar-refractivity contribution in [2.75, 3.05) is 7.05 Å². The van der Waals surface area contributed by atoms with Crippen LogP contribution in [0.5, 0.6) is 0 Å².